The second-order valence-corrected chi connectivity index (χ2v) is 8.83. The summed E-state index contributed by atoms with van der Waals surface area (Å²) in [6.45, 7) is 3.08. The van der Waals surface area contributed by atoms with Crippen molar-refractivity contribution in [1.29, 1.82) is 0 Å². The number of carbonyl (C=O) groups excluding carboxylic acids is 1. The SMILES string of the molecule is CCCc1ccc(C(=O)Nc2cn3nc(N4CCCCCC4c4ccccn4)ccc3n2)cc1. The van der Waals surface area contributed by atoms with E-state index in [-0.39, 0.29) is 11.9 Å². The van der Waals surface area contributed by atoms with Gasteiger partial charge < -0.3 is 10.2 Å². The molecular formula is C27H30N6O. The molecule has 1 aromatic carbocycles. The number of hydrogen-bond acceptors (Lipinski definition) is 5. The van der Waals surface area contributed by atoms with Crippen molar-refractivity contribution in [3.05, 3.63) is 83.8 Å². The Labute approximate surface area is 199 Å². The Morgan fingerprint density at radius 2 is 1.94 bits per heavy atom. The van der Waals surface area contributed by atoms with Crippen LogP contribution < -0.4 is 10.2 Å². The number of aryl methyl sites for hydroxylation is 1. The number of imidazole rings is 1. The Bertz CT molecular complexity index is 1250. The van der Waals surface area contributed by atoms with E-state index >= 15 is 0 Å². The molecule has 0 radical (unpaired) electrons. The van der Waals surface area contributed by atoms with E-state index in [4.69, 9.17) is 5.10 Å². The van der Waals surface area contributed by atoms with Gasteiger partial charge in [0.15, 0.2) is 11.5 Å². The van der Waals surface area contributed by atoms with Crippen LogP contribution in [0.15, 0.2) is 67.0 Å². The monoisotopic (exact) mass is 454 g/mol. The molecule has 1 N–H and O–H groups in total. The lowest BCUT2D eigenvalue weighted by Gasteiger charge is -2.30. The zero-order valence-corrected chi connectivity index (χ0v) is 19.5. The molecule has 5 rings (SSSR count). The highest BCUT2D eigenvalue weighted by Gasteiger charge is 2.25. The molecule has 0 saturated carbocycles. The number of amides is 1. The van der Waals surface area contributed by atoms with Crippen LogP contribution in [0.1, 0.15) is 66.7 Å². The van der Waals surface area contributed by atoms with E-state index < -0.39 is 0 Å². The molecule has 1 saturated heterocycles. The van der Waals surface area contributed by atoms with Crippen LogP contribution in [0.3, 0.4) is 0 Å². The molecule has 0 aliphatic carbocycles. The largest absolute Gasteiger partial charge is 0.347 e. The first kappa shape index (κ1) is 22.1. The number of aromatic nitrogens is 4. The summed E-state index contributed by atoms with van der Waals surface area (Å²) >= 11 is 0. The van der Waals surface area contributed by atoms with E-state index in [1.807, 2.05) is 54.7 Å². The molecular weight excluding hydrogens is 424 g/mol. The fourth-order valence-corrected chi connectivity index (χ4v) is 4.65. The van der Waals surface area contributed by atoms with Crippen LogP contribution in [0.25, 0.3) is 5.65 Å². The smallest absolute Gasteiger partial charge is 0.256 e. The molecule has 174 valence electrons. The van der Waals surface area contributed by atoms with Gasteiger partial charge in [-0.25, -0.2) is 9.50 Å². The lowest BCUT2D eigenvalue weighted by molar-refractivity contribution is 0.102. The summed E-state index contributed by atoms with van der Waals surface area (Å²) < 4.78 is 1.75. The summed E-state index contributed by atoms with van der Waals surface area (Å²) in [4.78, 5) is 24.2. The highest BCUT2D eigenvalue weighted by molar-refractivity contribution is 6.03. The van der Waals surface area contributed by atoms with Gasteiger partial charge in [0.2, 0.25) is 0 Å². The van der Waals surface area contributed by atoms with Gasteiger partial charge in [0.25, 0.3) is 5.91 Å². The minimum absolute atomic E-state index is 0.172. The van der Waals surface area contributed by atoms with E-state index in [1.54, 1.807) is 10.7 Å². The standard InChI is InChI=1S/C27H30N6O/c1-2-8-20-11-13-21(14-12-20)27(34)30-24-19-33-25(29-24)15-16-26(31-33)32-18-7-3-4-10-23(32)22-9-5-6-17-28-22/h5-6,9,11-17,19,23H,2-4,7-8,10,18H2,1H3,(H,30,34). The summed E-state index contributed by atoms with van der Waals surface area (Å²) in [6.07, 6.45) is 10.3. The highest BCUT2D eigenvalue weighted by Crippen LogP contribution is 2.32. The van der Waals surface area contributed by atoms with Crippen molar-refractivity contribution in [3.63, 3.8) is 0 Å². The maximum Gasteiger partial charge on any atom is 0.256 e. The van der Waals surface area contributed by atoms with Crippen LogP contribution in [0.5, 0.6) is 0 Å². The van der Waals surface area contributed by atoms with Crippen molar-refractivity contribution >= 4 is 23.2 Å². The third-order valence-electron chi connectivity index (χ3n) is 6.38. The molecule has 0 bridgehead atoms. The van der Waals surface area contributed by atoms with Crippen LogP contribution >= 0.6 is 0 Å². The minimum atomic E-state index is -0.172. The van der Waals surface area contributed by atoms with E-state index in [1.165, 1.54) is 18.4 Å². The Kier molecular flexibility index (Phi) is 6.51. The second-order valence-electron chi connectivity index (χ2n) is 8.83. The number of fused-ring (bicyclic) bond motifs is 1. The van der Waals surface area contributed by atoms with Crippen LogP contribution in [0, 0.1) is 0 Å². The van der Waals surface area contributed by atoms with Crippen molar-refractivity contribution in [2.45, 2.75) is 51.5 Å². The Balaban J connectivity index is 1.37. The number of nitrogens with zero attached hydrogens (tertiary/aromatic N) is 5. The van der Waals surface area contributed by atoms with E-state index in [0.717, 1.165) is 43.7 Å². The molecule has 7 heteroatoms. The number of anilines is 2. The van der Waals surface area contributed by atoms with Crippen molar-refractivity contribution in [2.24, 2.45) is 0 Å². The van der Waals surface area contributed by atoms with E-state index in [9.17, 15) is 4.79 Å². The maximum absolute atomic E-state index is 12.7. The molecule has 1 aliphatic heterocycles. The molecule has 4 aromatic rings. The van der Waals surface area contributed by atoms with Crippen molar-refractivity contribution in [2.75, 3.05) is 16.8 Å². The molecule has 0 spiro atoms. The average Bonchev–Trinajstić information content (AvgIpc) is 3.10. The predicted molar refractivity (Wildman–Crippen MR) is 134 cm³/mol. The van der Waals surface area contributed by atoms with E-state index in [0.29, 0.717) is 17.0 Å². The van der Waals surface area contributed by atoms with Gasteiger partial charge >= 0.3 is 0 Å². The van der Waals surface area contributed by atoms with Gasteiger partial charge in [0, 0.05) is 18.3 Å². The molecule has 34 heavy (non-hydrogen) atoms. The van der Waals surface area contributed by atoms with Gasteiger partial charge in [-0.3, -0.25) is 9.78 Å². The van der Waals surface area contributed by atoms with Crippen LogP contribution in [0.2, 0.25) is 0 Å². The topological polar surface area (TPSA) is 75.4 Å². The first-order valence-electron chi connectivity index (χ1n) is 12.2. The summed E-state index contributed by atoms with van der Waals surface area (Å²) in [5.41, 5.74) is 3.63. The molecule has 1 atom stereocenters. The lowest BCUT2D eigenvalue weighted by Crippen LogP contribution is -2.30. The Morgan fingerprint density at radius 3 is 2.74 bits per heavy atom. The average molecular weight is 455 g/mol. The normalized spacial score (nSPS) is 16.4. The quantitative estimate of drug-likeness (QED) is 0.419. The Hall–Kier alpha value is -3.74. The van der Waals surface area contributed by atoms with Crippen molar-refractivity contribution in [3.8, 4) is 0 Å². The minimum Gasteiger partial charge on any atom is -0.347 e. The predicted octanol–water partition coefficient (Wildman–Crippen LogP) is 5.45. The molecule has 1 fully saturated rings. The first-order chi connectivity index (χ1) is 16.7. The molecule has 1 amide bonds. The zero-order chi connectivity index (χ0) is 23.3. The number of rotatable bonds is 6. The van der Waals surface area contributed by atoms with Gasteiger partial charge in [-0.15, -0.1) is 5.10 Å². The second kappa shape index (κ2) is 10.0. The third-order valence-corrected chi connectivity index (χ3v) is 6.38. The van der Waals surface area contributed by atoms with Gasteiger partial charge in [0.1, 0.15) is 5.82 Å². The van der Waals surface area contributed by atoms with Gasteiger partial charge in [0.05, 0.1) is 17.9 Å². The fourth-order valence-electron chi connectivity index (χ4n) is 4.65. The lowest BCUT2D eigenvalue weighted by atomic mass is 10.1. The molecule has 1 aliphatic rings. The fraction of sp³-hybridized carbons (Fsp3) is 0.333. The van der Waals surface area contributed by atoms with Crippen molar-refractivity contribution in [1.82, 2.24) is 19.6 Å². The summed E-state index contributed by atoms with van der Waals surface area (Å²) in [6, 6.07) is 18.0. The number of hydrogen-bond donors (Lipinski definition) is 1. The third kappa shape index (κ3) is 4.78. The first-order valence-corrected chi connectivity index (χ1v) is 12.2. The summed E-state index contributed by atoms with van der Waals surface area (Å²) in [7, 11) is 0. The number of benzene rings is 1. The molecule has 4 heterocycles. The van der Waals surface area contributed by atoms with Crippen LogP contribution in [0.4, 0.5) is 11.6 Å². The number of carbonyl (C=O) groups is 1. The van der Waals surface area contributed by atoms with Gasteiger partial charge in [-0.2, -0.15) is 0 Å². The van der Waals surface area contributed by atoms with Gasteiger partial charge in [-0.05, 0) is 61.2 Å². The number of pyridine rings is 1. The van der Waals surface area contributed by atoms with Crippen molar-refractivity contribution < 1.29 is 4.79 Å². The number of nitrogens with one attached hydrogen (secondary N) is 1. The summed E-state index contributed by atoms with van der Waals surface area (Å²) in [5, 5.41) is 7.76. The molecule has 7 nitrogen and oxygen atoms in total. The van der Waals surface area contributed by atoms with E-state index in [2.05, 4.69) is 33.2 Å². The highest BCUT2D eigenvalue weighted by atomic mass is 16.1. The molecule has 1 unspecified atom stereocenters. The molecule has 3 aromatic heterocycles. The van der Waals surface area contributed by atoms with Crippen LogP contribution in [-0.2, 0) is 6.42 Å². The van der Waals surface area contributed by atoms with Crippen LogP contribution in [-0.4, -0.2) is 32.0 Å². The zero-order valence-electron chi connectivity index (χ0n) is 19.5. The Morgan fingerprint density at radius 1 is 1.06 bits per heavy atom. The van der Waals surface area contributed by atoms with Gasteiger partial charge in [-0.1, -0.05) is 44.4 Å². The maximum atomic E-state index is 12.7. The summed E-state index contributed by atoms with van der Waals surface area (Å²) in [5.74, 6) is 1.21.